The molecule has 0 fully saturated rings. The Bertz CT molecular complexity index is 1100. The van der Waals surface area contributed by atoms with Crippen LogP contribution in [0.15, 0.2) is 71.3 Å². The molecule has 1 unspecified atom stereocenters. The van der Waals surface area contributed by atoms with Crippen molar-refractivity contribution in [2.45, 2.75) is 38.7 Å². The molecule has 158 valence electrons. The Morgan fingerprint density at radius 3 is 2.68 bits per heavy atom. The Morgan fingerprint density at radius 1 is 1.13 bits per heavy atom. The summed E-state index contributed by atoms with van der Waals surface area (Å²) in [5, 5.41) is 9.75. The van der Waals surface area contributed by atoms with E-state index in [0.717, 1.165) is 17.5 Å². The number of Topliss-reactive ketones (excluding diaryl/α,β-unsaturated/α-hetero) is 1. The number of carbonyl (C=O) groups is 1. The summed E-state index contributed by atoms with van der Waals surface area (Å²) >= 11 is 0. The number of nitriles is 1. The van der Waals surface area contributed by atoms with E-state index >= 15 is 0 Å². The second kappa shape index (κ2) is 8.97. The number of nitrogens with two attached hydrogens (primary N) is 1. The molecule has 0 radical (unpaired) electrons. The lowest BCUT2D eigenvalue weighted by Crippen LogP contribution is -2.27. The lowest BCUT2D eigenvalue weighted by Gasteiger charge is -2.31. The average Bonchev–Trinajstić information content (AvgIpc) is 2.78. The Kier molecular flexibility index (Phi) is 5.94. The van der Waals surface area contributed by atoms with Crippen LogP contribution in [0.25, 0.3) is 0 Å². The quantitative estimate of drug-likeness (QED) is 0.746. The molecule has 0 bridgehead atoms. The maximum absolute atomic E-state index is 12.8. The average molecular weight is 416 g/mol. The highest BCUT2D eigenvalue weighted by Crippen LogP contribution is 2.45. The molecule has 1 aliphatic carbocycles. The molecule has 0 aromatic heterocycles. The van der Waals surface area contributed by atoms with Crippen molar-refractivity contribution < 1.29 is 19.0 Å². The summed E-state index contributed by atoms with van der Waals surface area (Å²) in [5.74, 6) is 1.21. The largest absolute Gasteiger partial charge is 0.490 e. The van der Waals surface area contributed by atoms with Crippen LogP contribution in [0.5, 0.6) is 11.5 Å². The first kappa shape index (κ1) is 20.5. The van der Waals surface area contributed by atoms with Crippen LogP contribution in [0.3, 0.4) is 0 Å². The van der Waals surface area contributed by atoms with Crippen molar-refractivity contribution in [2.24, 2.45) is 5.73 Å². The van der Waals surface area contributed by atoms with Crippen LogP contribution in [0.2, 0.25) is 0 Å². The zero-order valence-electron chi connectivity index (χ0n) is 17.4. The fourth-order valence-corrected chi connectivity index (χ4v) is 4.02. The summed E-state index contributed by atoms with van der Waals surface area (Å²) in [6, 6.07) is 17.5. The van der Waals surface area contributed by atoms with Crippen molar-refractivity contribution >= 4 is 5.78 Å². The van der Waals surface area contributed by atoms with Gasteiger partial charge in [0, 0.05) is 18.4 Å². The van der Waals surface area contributed by atoms with Gasteiger partial charge in [-0.1, -0.05) is 36.4 Å². The molecule has 2 aromatic carbocycles. The van der Waals surface area contributed by atoms with E-state index in [9.17, 15) is 10.1 Å². The predicted molar refractivity (Wildman–Crippen MR) is 115 cm³/mol. The number of hydrogen-bond acceptors (Lipinski definition) is 6. The number of ether oxygens (including phenoxy) is 3. The van der Waals surface area contributed by atoms with E-state index in [1.807, 2.05) is 55.5 Å². The van der Waals surface area contributed by atoms with Gasteiger partial charge in [0.1, 0.15) is 24.0 Å². The molecule has 6 heteroatoms. The van der Waals surface area contributed by atoms with Gasteiger partial charge in [-0.15, -0.1) is 0 Å². The summed E-state index contributed by atoms with van der Waals surface area (Å²) in [4.78, 5) is 12.8. The number of nitrogens with zero attached hydrogens (tertiary/aromatic N) is 1. The third-order valence-electron chi connectivity index (χ3n) is 5.44. The Balaban J connectivity index is 1.71. The number of carbonyl (C=O) groups excluding carboxylic acids is 1. The fourth-order valence-electron chi connectivity index (χ4n) is 4.02. The van der Waals surface area contributed by atoms with Crippen LogP contribution >= 0.6 is 0 Å². The Labute approximate surface area is 181 Å². The van der Waals surface area contributed by atoms with E-state index in [2.05, 4.69) is 6.07 Å². The Morgan fingerprint density at radius 2 is 1.94 bits per heavy atom. The monoisotopic (exact) mass is 416 g/mol. The van der Waals surface area contributed by atoms with Crippen LogP contribution < -0.4 is 15.2 Å². The number of hydrogen-bond donors (Lipinski definition) is 1. The number of benzene rings is 2. The SMILES string of the molecule is CCOc1cc(C2C(C#N)=C(N)OC3=C2C(=O)CCC3)ccc1OCc1ccccc1. The van der Waals surface area contributed by atoms with Gasteiger partial charge in [-0.05, 0) is 36.6 Å². The molecule has 31 heavy (non-hydrogen) atoms. The molecule has 0 saturated carbocycles. The zero-order valence-corrected chi connectivity index (χ0v) is 17.4. The maximum atomic E-state index is 12.8. The van der Waals surface area contributed by atoms with Gasteiger partial charge in [0.2, 0.25) is 5.88 Å². The molecule has 0 amide bonds. The smallest absolute Gasteiger partial charge is 0.205 e. The van der Waals surface area contributed by atoms with Gasteiger partial charge < -0.3 is 19.9 Å². The van der Waals surface area contributed by atoms with Gasteiger partial charge in [-0.3, -0.25) is 4.79 Å². The third kappa shape index (κ3) is 4.13. The normalized spacial score (nSPS) is 18.2. The lowest BCUT2D eigenvalue weighted by molar-refractivity contribution is -0.116. The van der Waals surface area contributed by atoms with Gasteiger partial charge in [-0.25, -0.2) is 0 Å². The minimum Gasteiger partial charge on any atom is -0.490 e. The van der Waals surface area contributed by atoms with E-state index in [4.69, 9.17) is 19.9 Å². The second-order valence-electron chi connectivity index (χ2n) is 7.45. The van der Waals surface area contributed by atoms with Gasteiger partial charge in [0.05, 0.1) is 12.5 Å². The summed E-state index contributed by atoms with van der Waals surface area (Å²) in [7, 11) is 0. The van der Waals surface area contributed by atoms with Gasteiger partial charge in [-0.2, -0.15) is 5.26 Å². The molecule has 1 aliphatic heterocycles. The standard InChI is InChI=1S/C25H24N2O4/c1-2-29-22-13-17(11-12-20(22)30-15-16-7-4-3-5-8-16)23-18(14-26)25(27)31-21-10-6-9-19(28)24(21)23/h3-5,7-8,11-13,23H,2,6,9-10,15,27H2,1H3. The van der Waals surface area contributed by atoms with E-state index in [0.29, 0.717) is 48.9 Å². The zero-order chi connectivity index (χ0) is 21.8. The molecule has 4 rings (SSSR count). The second-order valence-corrected chi connectivity index (χ2v) is 7.45. The highest BCUT2D eigenvalue weighted by molar-refractivity contribution is 5.99. The van der Waals surface area contributed by atoms with Gasteiger partial charge >= 0.3 is 0 Å². The first-order valence-corrected chi connectivity index (χ1v) is 10.4. The van der Waals surface area contributed by atoms with Gasteiger partial charge in [0.15, 0.2) is 17.3 Å². The number of allylic oxidation sites excluding steroid dienone is 3. The summed E-state index contributed by atoms with van der Waals surface area (Å²) in [6.45, 7) is 2.75. The molecular formula is C25H24N2O4. The summed E-state index contributed by atoms with van der Waals surface area (Å²) < 4.78 is 17.5. The molecule has 1 atom stereocenters. The number of rotatable bonds is 6. The van der Waals surface area contributed by atoms with Crippen LogP contribution in [0.1, 0.15) is 43.2 Å². The first-order valence-electron chi connectivity index (χ1n) is 10.4. The lowest BCUT2D eigenvalue weighted by atomic mass is 9.77. The molecule has 1 heterocycles. The highest BCUT2D eigenvalue weighted by atomic mass is 16.5. The van der Waals surface area contributed by atoms with Crippen molar-refractivity contribution in [2.75, 3.05) is 6.61 Å². The molecule has 0 spiro atoms. The third-order valence-corrected chi connectivity index (χ3v) is 5.44. The molecule has 6 nitrogen and oxygen atoms in total. The molecular weight excluding hydrogens is 392 g/mol. The topological polar surface area (TPSA) is 94.6 Å². The minimum absolute atomic E-state index is 0.00568. The maximum Gasteiger partial charge on any atom is 0.205 e. The van der Waals surface area contributed by atoms with E-state index in [1.165, 1.54) is 0 Å². The minimum atomic E-state index is -0.566. The highest BCUT2D eigenvalue weighted by Gasteiger charge is 2.38. The van der Waals surface area contributed by atoms with Crippen molar-refractivity contribution in [1.29, 1.82) is 5.26 Å². The van der Waals surface area contributed by atoms with Crippen molar-refractivity contribution in [1.82, 2.24) is 0 Å². The van der Waals surface area contributed by atoms with Crippen LogP contribution in [0, 0.1) is 11.3 Å². The van der Waals surface area contributed by atoms with Gasteiger partial charge in [0.25, 0.3) is 0 Å². The molecule has 2 aromatic rings. The van der Waals surface area contributed by atoms with E-state index in [-0.39, 0.29) is 17.2 Å². The van der Waals surface area contributed by atoms with Crippen LogP contribution in [0.4, 0.5) is 0 Å². The van der Waals surface area contributed by atoms with Crippen molar-refractivity contribution in [3.8, 4) is 17.6 Å². The van der Waals surface area contributed by atoms with Crippen molar-refractivity contribution in [3.63, 3.8) is 0 Å². The van der Waals surface area contributed by atoms with Crippen molar-refractivity contribution in [3.05, 3.63) is 82.4 Å². The summed E-state index contributed by atoms with van der Waals surface area (Å²) in [5.41, 5.74) is 8.61. The van der Waals surface area contributed by atoms with Crippen LogP contribution in [-0.4, -0.2) is 12.4 Å². The number of ketones is 1. The van der Waals surface area contributed by atoms with E-state index < -0.39 is 5.92 Å². The summed E-state index contributed by atoms with van der Waals surface area (Å²) in [6.07, 6.45) is 1.79. The molecule has 2 N–H and O–H groups in total. The molecule has 0 saturated heterocycles. The molecule has 2 aliphatic rings. The van der Waals surface area contributed by atoms with Crippen LogP contribution in [-0.2, 0) is 16.1 Å². The van der Waals surface area contributed by atoms with E-state index in [1.54, 1.807) is 0 Å². The Hall–Kier alpha value is -3.72. The first-order chi connectivity index (χ1) is 15.1. The predicted octanol–water partition coefficient (Wildman–Crippen LogP) is 4.48. The fraction of sp³-hybridized carbons (Fsp3) is 0.280.